The van der Waals surface area contributed by atoms with Gasteiger partial charge in [-0.25, -0.2) is 5.43 Å². The van der Waals surface area contributed by atoms with Crippen LogP contribution in [-0.2, 0) is 4.79 Å². The fraction of sp³-hybridized carbons (Fsp3) is 0.0769. The van der Waals surface area contributed by atoms with E-state index in [-0.39, 0.29) is 11.7 Å². The predicted molar refractivity (Wildman–Crippen MR) is 141 cm³/mol. The van der Waals surface area contributed by atoms with Crippen LogP contribution in [0.2, 0.25) is 5.02 Å². The molecule has 0 spiro atoms. The molecule has 35 heavy (non-hydrogen) atoms. The molecule has 0 saturated carbocycles. The number of amides is 1. The van der Waals surface area contributed by atoms with Gasteiger partial charge in [0.05, 0.1) is 12.0 Å². The second-order valence-corrected chi connectivity index (χ2v) is 9.23. The lowest BCUT2D eigenvalue weighted by Crippen LogP contribution is -2.20. The number of aromatic amines is 1. The van der Waals surface area contributed by atoms with E-state index in [9.17, 15) is 4.79 Å². The van der Waals surface area contributed by atoms with Gasteiger partial charge < -0.3 is 4.98 Å². The number of nitrogens with one attached hydrogen (secondary N) is 2. The van der Waals surface area contributed by atoms with Crippen LogP contribution in [0.25, 0.3) is 28.0 Å². The number of benzene rings is 3. The van der Waals surface area contributed by atoms with Crippen LogP contribution in [0.3, 0.4) is 0 Å². The Kier molecular flexibility index (Phi) is 6.65. The monoisotopic (exact) mass is 500 g/mol. The molecule has 0 fully saturated rings. The number of aryl methyl sites for hydroxylation is 1. The molecular formula is C26H21ClN6OS. The van der Waals surface area contributed by atoms with Gasteiger partial charge in [0.15, 0.2) is 11.0 Å². The molecule has 5 rings (SSSR count). The Morgan fingerprint density at radius 1 is 1.09 bits per heavy atom. The lowest BCUT2D eigenvalue weighted by molar-refractivity contribution is -0.118. The second kappa shape index (κ2) is 10.2. The summed E-state index contributed by atoms with van der Waals surface area (Å²) >= 11 is 7.36. The number of hydrogen-bond acceptors (Lipinski definition) is 5. The van der Waals surface area contributed by atoms with Gasteiger partial charge in [-0.15, -0.1) is 10.2 Å². The topological polar surface area (TPSA) is 88.0 Å². The summed E-state index contributed by atoms with van der Waals surface area (Å²) in [6.45, 7) is 2.03. The first kappa shape index (κ1) is 22.9. The molecule has 2 aromatic heterocycles. The van der Waals surface area contributed by atoms with E-state index >= 15 is 0 Å². The number of hydrogen-bond donors (Lipinski definition) is 2. The van der Waals surface area contributed by atoms with Crippen LogP contribution in [0.1, 0.15) is 11.1 Å². The Morgan fingerprint density at radius 2 is 1.86 bits per heavy atom. The van der Waals surface area contributed by atoms with Crippen molar-refractivity contribution in [1.29, 1.82) is 0 Å². The van der Waals surface area contributed by atoms with Crippen molar-refractivity contribution in [3.8, 4) is 17.1 Å². The molecule has 174 valence electrons. The molecule has 5 aromatic rings. The Hall–Kier alpha value is -3.88. The average Bonchev–Trinajstić information content (AvgIpc) is 3.48. The number of hydrazone groups is 1. The van der Waals surface area contributed by atoms with Crippen LogP contribution in [0, 0.1) is 6.92 Å². The quantitative estimate of drug-likeness (QED) is 0.172. The first-order valence-electron chi connectivity index (χ1n) is 10.9. The maximum absolute atomic E-state index is 12.5. The van der Waals surface area contributed by atoms with Gasteiger partial charge in [0.1, 0.15) is 0 Å². The van der Waals surface area contributed by atoms with Crippen LogP contribution in [-0.4, -0.2) is 37.6 Å². The highest BCUT2D eigenvalue weighted by Gasteiger charge is 2.17. The lowest BCUT2D eigenvalue weighted by Gasteiger charge is -2.10. The summed E-state index contributed by atoms with van der Waals surface area (Å²) < 4.78 is 1.94. The van der Waals surface area contributed by atoms with E-state index in [1.807, 2.05) is 90.5 Å². The standard InChI is InChI=1S/C26H21ClN6OS/c1-17-6-12-21(13-7-17)33-25(18-8-10-20(27)11-9-18)31-32-26(33)35-16-24(34)30-29-15-19-14-28-23-5-3-2-4-22(19)23/h2-15,28H,16H2,1H3,(H,30,34)/b29-15+. The SMILES string of the molecule is Cc1ccc(-n2c(SCC(=O)N/N=C/c3c[nH]c4ccccc34)nnc2-c2ccc(Cl)cc2)cc1. The van der Waals surface area contributed by atoms with Gasteiger partial charge in [0.25, 0.3) is 5.91 Å². The number of carbonyl (C=O) groups excluding carboxylic acids is 1. The van der Waals surface area contributed by atoms with E-state index in [1.54, 1.807) is 6.21 Å². The highest BCUT2D eigenvalue weighted by molar-refractivity contribution is 7.99. The molecule has 9 heteroatoms. The maximum Gasteiger partial charge on any atom is 0.250 e. The molecule has 7 nitrogen and oxygen atoms in total. The molecule has 0 aliphatic carbocycles. The first-order chi connectivity index (χ1) is 17.1. The minimum Gasteiger partial charge on any atom is -0.361 e. The molecule has 3 aromatic carbocycles. The largest absolute Gasteiger partial charge is 0.361 e. The third-order valence-corrected chi connectivity index (χ3v) is 6.56. The molecule has 0 aliphatic heterocycles. The summed E-state index contributed by atoms with van der Waals surface area (Å²) in [7, 11) is 0. The summed E-state index contributed by atoms with van der Waals surface area (Å²) in [6, 6.07) is 23.4. The zero-order valence-corrected chi connectivity index (χ0v) is 20.3. The van der Waals surface area contributed by atoms with E-state index in [4.69, 9.17) is 11.6 Å². The fourth-order valence-electron chi connectivity index (χ4n) is 3.61. The minimum absolute atomic E-state index is 0.135. The van der Waals surface area contributed by atoms with Crippen LogP contribution in [0.5, 0.6) is 0 Å². The van der Waals surface area contributed by atoms with Gasteiger partial charge in [-0.1, -0.05) is 59.3 Å². The summed E-state index contributed by atoms with van der Waals surface area (Å²) in [4.78, 5) is 15.7. The molecule has 2 heterocycles. The molecule has 0 unspecified atom stereocenters. The number of halogens is 1. The molecule has 0 aliphatic rings. The van der Waals surface area contributed by atoms with Gasteiger partial charge in [-0.3, -0.25) is 9.36 Å². The first-order valence-corrected chi connectivity index (χ1v) is 12.2. The molecule has 0 radical (unpaired) electrons. The van der Waals surface area contributed by atoms with E-state index in [0.29, 0.717) is 16.0 Å². The minimum atomic E-state index is -0.238. The fourth-order valence-corrected chi connectivity index (χ4v) is 4.48. The zero-order chi connectivity index (χ0) is 24.2. The third-order valence-electron chi connectivity index (χ3n) is 5.37. The number of nitrogens with zero attached hydrogens (tertiary/aromatic N) is 4. The second-order valence-electron chi connectivity index (χ2n) is 7.86. The van der Waals surface area contributed by atoms with Crippen molar-refractivity contribution in [2.45, 2.75) is 12.1 Å². The Labute approximate surface area is 211 Å². The molecule has 2 N–H and O–H groups in total. The number of aromatic nitrogens is 4. The van der Waals surface area contributed by atoms with Crippen molar-refractivity contribution in [3.05, 3.63) is 95.1 Å². The van der Waals surface area contributed by atoms with Crippen molar-refractivity contribution in [2.24, 2.45) is 5.10 Å². The van der Waals surface area contributed by atoms with Crippen molar-refractivity contribution >= 4 is 46.4 Å². The van der Waals surface area contributed by atoms with Crippen molar-refractivity contribution < 1.29 is 4.79 Å². The number of thioether (sulfide) groups is 1. The maximum atomic E-state index is 12.5. The molecule has 0 saturated heterocycles. The van der Waals surface area contributed by atoms with Gasteiger partial charge in [-0.05, 0) is 49.4 Å². The summed E-state index contributed by atoms with van der Waals surface area (Å²) in [5, 5.41) is 15.2. The van der Waals surface area contributed by atoms with Gasteiger partial charge in [0, 0.05) is 38.9 Å². The molecule has 1 amide bonds. The summed E-state index contributed by atoms with van der Waals surface area (Å²) in [5.41, 5.74) is 7.45. The normalized spacial score (nSPS) is 11.4. The Bertz CT molecular complexity index is 1510. The summed E-state index contributed by atoms with van der Waals surface area (Å²) in [6.07, 6.45) is 3.49. The van der Waals surface area contributed by atoms with Crippen molar-refractivity contribution in [1.82, 2.24) is 25.2 Å². The van der Waals surface area contributed by atoms with Gasteiger partial charge in [0.2, 0.25) is 0 Å². The van der Waals surface area contributed by atoms with E-state index in [1.165, 1.54) is 11.8 Å². The molecule has 0 bridgehead atoms. The van der Waals surface area contributed by atoms with E-state index < -0.39 is 0 Å². The molecule has 0 atom stereocenters. The van der Waals surface area contributed by atoms with Gasteiger partial charge in [-0.2, -0.15) is 5.10 Å². The van der Waals surface area contributed by atoms with Crippen LogP contribution >= 0.6 is 23.4 Å². The van der Waals surface area contributed by atoms with E-state index in [2.05, 4.69) is 25.7 Å². The van der Waals surface area contributed by atoms with Crippen LogP contribution < -0.4 is 5.43 Å². The van der Waals surface area contributed by atoms with Crippen molar-refractivity contribution in [3.63, 3.8) is 0 Å². The van der Waals surface area contributed by atoms with E-state index in [0.717, 1.165) is 33.3 Å². The van der Waals surface area contributed by atoms with Crippen molar-refractivity contribution in [2.75, 3.05) is 5.75 Å². The Morgan fingerprint density at radius 3 is 2.66 bits per heavy atom. The Balaban J connectivity index is 1.32. The summed E-state index contributed by atoms with van der Waals surface area (Å²) in [5.74, 6) is 0.568. The van der Waals surface area contributed by atoms with Gasteiger partial charge >= 0.3 is 0 Å². The average molecular weight is 501 g/mol. The number of para-hydroxylation sites is 1. The van der Waals surface area contributed by atoms with Crippen LogP contribution in [0.4, 0.5) is 0 Å². The number of H-pyrrole nitrogens is 1. The highest BCUT2D eigenvalue weighted by atomic mass is 35.5. The number of rotatable bonds is 7. The highest BCUT2D eigenvalue weighted by Crippen LogP contribution is 2.29. The predicted octanol–water partition coefficient (Wildman–Crippen LogP) is 5.62. The molecular weight excluding hydrogens is 480 g/mol. The smallest absolute Gasteiger partial charge is 0.250 e. The third kappa shape index (κ3) is 5.13. The number of carbonyl (C=O) groups is 1. The lowest BCUT2D eigenvalue weighted by atomic mass is 10.2. The number of fused-ring (bicyclic) bond motifs is 1. The van der Waals surface area contributed by atoms with Crippen LogP contribution in [0.15, 0.2) is 89.3 Å². The zero-order valence-electron chi connectivity index (χ0n) is 18.8.